The van der Waals surface area contributed by atoms with Gasteiger partial charge >= 0.3 is 5.97 Å². The van der Waals surface area contributed by atoms with Gasteiger partial charge in [-0.2, -0.15) is 0 Å². The molecular formula is C22H30N2O5S. The number of pyridine rings is 1. The van der Waals surface area contributed by atoms with Gasteiger partial charge in [0, 0.05) is 12.4 Å². The number of phenolic OH excluding ortho intramolecular Hbond substituents is 1. The summed E-state index contributed by atoms with van der Waals surface area (Å²) in [5.41, 5.74) is 2.76. The van der Waals surface area contributed by atoms with E-state index in [0.29, 0.717) is 19.3 Å². The minimum Gasteiger partial charge on any atom is -0.508 e. The second kappa shape index (κ2) is 11.7. The summed E-state index contributed by atoms with van der Waals surface area (Å²) in [7, 11) is -3.67. The summed E-state index contributed by atoms with van der Waals surface area (Å²) in [6, 6.07) is 7.51. The summed E-state index contributed by atoms with van der Waals surface area (Å²) >= 11 is 0. The predicted octanol–water partition coefficient (Wildman–Crippen LogP) is 3.07. The fourth-order valence-electron chi connectivity index (χ4n) is 3.25. The number of rotatable bonds is 13. The van der Waals surface area contributed by atoms with Gasteiger partial charge in [0.1, 0.15) is 11.8 Å². The van der Waals surface area contributed by atoms with E-state index in [9.17, 15) is 23.4 Å². The van der Waals surface area contributed by atoms with Crippen LogP contribution >= 0.6 is 0 Å². The molecule has 7 nitrogen and oxygen atoms in total. The molecule has 0 aliphatic heterocycles. The molecule has 0 aliphatic rings. The minimum atomic E-state index is -3.67. The molecule has 0 fully saturated rings. The second-order valence-corrected chi connectivity index (χ2v) is 9.27. The normalized spacial score (nSPS) is 12.6. The molecule has 1 aromatic carbocycles. The topological polar surface area (TPSA) is 117 Å². The third-order valence-electron chi connectivity index (χ3n) is 4.91. The quantitative estimate of drug-likeness (QED) is 0.417. The molecule has 0 bridgehead atoms. The lowest BCUT2D eigenvalue weighted by molar-refractivity contribution is -0.138. The number of carboxylic acid groups (broad SMARTS) is 1. The molecule has 0 unspecified atom stereocenters. The van der Waals surface area contributed by atoms with Gasteiger partial charge in [-0.15, -0.1) is 0 Å². The Morgan fingerprint density at radius 2 is 1.77 bits per heavy atom. The smallest absolute Gasteiger partial charge is 0.322 e. The number of sulfonamides is 1. The van der Waals surface area contributed by atoms with Crippen molar-refractivity contribution in [3.8, 4) is 5.75 Å². The third kappa shape index (κ3) is 8.12. The van der Waals surface area contributed by atoms with Crippen LogP contribution in [0.2, 0.25) is 0 Å². The highest BCUT2D eigenvalue weighted by Gasteiger charge is 2.25. The van der Waals surface area contributed by atoms with Crippen LogP contribution in [0.4, 0.5) is 0 Å². The van der Waals surface area contributed by atoms with Crippen molar-refractivity contribution >= 4 is 16.0 Å². The summed E-state index contributed by atoms with van der Waals surface area (Å²) in [4.78, 5) is 15.7. The van der Waals surface area contributed by atoms with Crippen molar-refractivity contribution in [3.63, 3.8) is 0 Å². The molecule has 0 saturated carbocycles. The molecule has 30 heavy (non-hydrogen) atoms. The number of phenols is 1. The Morgan fingerprint density at radius 1 is 1.07 bits per heavy atom. The molecule has 164 valence electrons. The lowest BCUT2D eigenvalue weighted by Crippen LogP contribution is -2.43. The van der Waals surface area contributed by atoms with Crippen molar-refractivity contribution in [1.29, 1.82) is 0 Å². The Kier molecular flexibility index (Phi) is 9.26. The molecule has 8 heteroatoms. The van der Waals surface area contributed by atoms with E-state index in [1.165, 1.54) is 11.6 Å². The lowest BCUT2D eigenvalue weighted by atomic mass is 9.95. The van der Waals surface area contributed by atoms with Gasteiger partial charge in [0.05, 0.1) is 5.75 Å². The van der Waals surface area contributed by atoms with Crippen molar-refractivity contribution in [3.05, 3.63) is 59.4 Å². The number of benzene rings is 1. The summed E-state index contributed by atoms with van der Waals surface area (Å²) in [5, 5.41) is 19.4. The molecule has 0 amide bonds. The molecule has 1 aromatic heterocycles. The highest BCUT2D eigenvalue weighted by Crippen LogP contribution is 2.21. The maximum Gasteiger partial charge on any atom is 0.322 e. The molecule has 0 radical (unpaired) electrons. The van der Waals surface area contributed by atoms with Crippen molar-refractivity contribution in [2.75, 3.05) is 5.75 Å². The Hall–Kier alpha value is -2.45. The minimum absolute atomic E-state index is 0.0284. The van der Waals surface area contributed by atoms with Crippen LogP contribution in [0.25, 0.3) is 0 Å². The largest absolute Gasteiger partial charge is 0.508 e. The first-order valence-electron chi connectivity index (χ1n) is 10.2. The summed E-state index contributed by atoms with van der Waals surface area (Å²) in [6.45, 7) is 1.88. The maximum absolute atomic E-state index is 12.2. The van der Waals surface area contributed by atoms with Gasteiger partial charge in [0.15, 0.2) is 0 Å². The van der Waals surface area contributed by atoms with Gasteiger partial charge in [-0.3, -0.25) is 9.78 Å². The van der Waals surface area contributed by atoms with Gasteiger partial charge in [0.25, 0.3) is 0 Å². The molecule has 3 N–H and O–H groups in total. The van der Waals surface area contributed by atoms with E-state index >= 15 is 0 Å². The van der Waals surface area contributed by atoms with Crippen LogP contribution in [-0.4, -0.2) is 41.4 Å². The number of hydrogen-bond donors (Lipinski definition) is 3. The van der Waals surface area contributed by atoms with E-state index in [1.807, 2.05) is 19.1 Å². The van der Waals surface area contributed by atoms with E-state index in [2.05, 4.69) is 9.71 Å². The molecule has 2 aromatic rings. The van der Waals surface area contributed by atoms with Crippen LogP contribution in [0.15, 0.2) is 42.7 Å². The van der Waals surface area contributed by atoms with Crippen LogP contribution < -0.4 is 4.72 Å². The monoisotopic (exact) mass is 434 g/mol. The highest BCUT2D eigenvalue weighted by atomic mass is 32.2. The first-order valence-corrected chi connectivity index (χ1v) is 11.9. The van der Waals surface area contributed by atoms with Gasteiger partial charge in [-0.05, 0) is 79.5 Å². The van der Waals surface area contributed by atoms with Gasteiger partial charge in [-0.25, -0.2) is 13.1 Å². The van der Waals surface area contributed by atoms with Crippen LogP contribution in [-0.2, 0) is 34.1 Å². The van der Waals surface area contributed by atoms with E-state index in [-0.39, 0.29) is 17.9 Å². The maximum atomic E-state index is 12.2. The first-order chi connectivity index (χ1) is 14.3. The molecule has 2 rings (SSSR count). The van der Waals surface area contributed by atoms with Crippen LogP contribution in [0.1, 0.15) is 49.3 Å². The van der Waals surface area contributed by atoms with E-state index < -0.39 is 22.0 Å². The SMILES string of the molecule is CCCCS(=O)(=O)N[C@@H](Cc1ccc(O)cc1CCCCc1ccncc1)C(=O)O. The number of carboxylic acids is 1. The predicted molar refractivity (Wildman–Crippen MR) is 116 cm³/mol. The number of hydrogen-bond acceptors (Lipinski definition) is 5. The summed E-state index contributed by atoms with van der Waals surface area (Å²) in [5.74, 6) is -1.20. The Bertz CT molecular complexity index is 916. The number of aromatic nitrogens is 1. The lowest BCUT2D eigenvalue weighted by Gasteiger charge is -2.17. The van der Waals surface area contributed by atoms with Crippen LogP contribution in [0.5, 0.6) is 5.75 Å². The number of carbonyl (C=O) groups is 1. The zero-order valence-electron chi connectivity index (χ0n) is 17.3. The Morgan fingerprint density at radius 3 is 2.43 bits per heavy atom. The fourth-order valence-corrected chi connectivity index (χ4v) is 4.65. The number of nitrogens with zero attached hydrogens (tertiary/aromatic N) is 1. The highest BCUT2D eigenvalue weighted by molar-refractivity contribution is 7.89. The number of aliphatic carboxylic acids is 1. The van der Waals surface area contributed by atoms with Crippen molar-refractivity contribution in [2.45, 2.75) is 57.9 Å². The molecule has 1 heterocycles. The number of unbranched alkanes of at least 4 members (excludes halogenated alkanes) is 2. The standard InChI is InChI=1S/C22H30N2O5S/c1-2-3-14-30(28,29)24-21(22(26)27)16-19-8-9-20(25)15-18(19)7-5-4-6-17-10-12-23-13-11-17/h8-13,15,21,24-25H,2-7,14,16H2,1H3,(H,26,27)/t21-/m0/s1. The van der Waals surface area contributed by atoms with Gasteiger partial charge < -0.3 is 10.2 Å². The van der Waals surface area contributed by atoms with Crippen LogP contribution in [0, 0.1) is 0 Å². The zero-order chi connectivity index (χ0) is 22.0. The number of aryl methyl sites for hydroxylation is 2. The van der Waals surface area contributed by atoms with E-state index in [1.54, 1.807) is 24.5 Å². The van der Waals surface area contributed by atoms with E-state index in [4.69, 9.17) is 0 Å². The van der Waals surface area contributed by atoms with Crippen molar-refractivity contribution in [2.24, 2.45) is 0 Å². The van der Waals surface area contributed by atoms with Crippen molar-refractivity contribution in [1.82, 2.24) is 9.71 Å². The number of aromatic hydroxyl groups is 1. The molecule has 1 atom stereocenters. The Labute approximate surface area is 178 Å². The van der Waals surface area contributed by atoms with Gasteiger partial charge in [0.2, 0.25) is 10.0 Å². The fraction of sp³-hybridized carbons (Fsp3) is 0.455. The molecular weight excluding hydrogens is 404 g/mol. The Balaban J connectivity index is 2.03. The average molecular weight is 435 g/mol. The van der Waals surface area contributed by atoms with Crippen molar-refractivity contribution < 1.29 is 23.4 Å². The summed E-state index contributed by atoms with van der Waals surface area (Å²) < 4.78 is 26.6. The van der Waals surface area contributed by atoms with Crippen LogP contribution in [0.3, 0.4) is 0 Å². The molecule has 0 spiro atoms. The molecule has 0 aliphatic carbocycles. The summed E-state index contributed by atoms with van der Waals surface area (Å²) in [6.07, 6.45) is 8.11. The average Bonchev–Trinajstić information content (AvgIpc) is 2.71. The third-order valence-corrected chi connectivity index (χ3v) is 6.38. The molecule has 0 saturated heterocycles. The second-order valence-electron chi connectivity index (χ2n) is 7.40. The number of nitrogens with one attached hydrogen (secondary N) is 1. The van der Waals surface area contributed by atoms with E-state index in [0.717, 1.165) is 30.4 Å². The van der Waals surface area contributed by atoms with Gasteiger partial charge in [-0.1, -0.05) is 19.4 Å². The first kappa shape index (κ1) is 23.8. The zero-order valence-corrected chi connectivity index (χ0v) is 18.1.